The van der Waals surface area contributed by atoms with Crippen LogP contribution in [0.15, 0.2) is 18.2 Å². The van der Waals surface area contributed by atoms with Crippen LogP contribution in [0.4, 0.5) is 0 Å². The van der Waals surface area contributed by atoms with Crippen molar-refractivity contribution in [2.75, 3.05) is 13.1 Å². The van der Waals surface area contributed by atoms with Crippen molar-refractivity contribution >= 4 is 35.1 Å². The molecule has 114 valence electrons. The molecular weight excluding hydrogens is 317 g/mol. The average Bonchev–Trinajstić information content (AvgIpc) is 2.78. The van der Waals surface area contributed by atoms with Gasteiger partial charge in [0.1, 0.15) is 0 Å². The van der Waals surface area contributed by atoms with Gasteiger partial charge in [0, 0.05) is 23.1 Å². The Hall–Kier alpha value is -1.30. The molecule has 1 amide bonds. The van der Waals surface area contributed by atoms with E-state index in [1.54, 1.807) is 6.92 Å². The fourth-order valence-corrected chi connectivity index (χ4v) is 3.06. The lowest BCUT2D eigenvalue weighted by Crippen LogP contribution is -2.34. The molecule has 1 aliphatic heterocycles. The molecule has 1 fully saturated rings. The zero-order chi connectivity index (χ0) is 15.7. The van der Waals surface area contributed by atoms with E-state index in [4.69, 9.17) is 28.3 Å². The van der Waals surface area contributed by atoms with Gasteiger partial charge in [-0.3, -0.25) is 9.59 Å². The van der Waals surface area contributed by atoms with Crippen LogP contribution in [0.3, 0.4) is 0 Å². The molecule has 2 rings (SSSR count). The van der Waals surface area contributed by atoms with Gasteiger partial charge in [0.25, 0.3) is 5.91 Å². The summed E-state index contributed by atoms with van der Waals surface area (Å²) in [6.07, 6.45) is -1.40. The Morgan fingerprint density at radius 2 is 1.81 bits per heavy atom. The maximum absolute atomic E-state index is 12.3. The summed E-state index contributed by atoms with van der Waals surface area (Å²) < 4.78 is 0. The first kappa shape index (κ1) is 16.1. The molecule has 1 saturated heterocycles. The van der Waals surface area contributed by atoms with Crippen LogP contribution in [0.1, 0.15) is 18.6 Å². The quantitative estimate of drug-likeness (QED) is 0.890. The van der Waals surface area contributed by atoms with Gasteiger partial charge in [0.15, 0.2) is 6.10 Å². The molecule has 0 saturated carbocycles. The number of likely N-dealkylation sites (tertiary alicyclic amines) is 1. The highest BCUT2D eigenvalue weighted by Gasteiger charge is 2.38. The summed E-state index contributed by atoms with van der Waals surface area (Å²) in [6.45, 7) is 2.18. The van der Waals surface area contributed by atoms with Crippen LogP contribution in [-0.4, -0.2) is 40.1 Å². The number of aliphatic carboxylic acids is 1. The number of halogens is 2. The van der Waals surface area contributed by atoms with E-state index in [1.165, 1.54) is 23.1 Å². The predicted molar refractivity (Wildman–Crippen MR) is 78.3 cm³/mol. The average molecular weight is 332 g/mol. The number of carboxylic acids is 1. The van der Waals surface area contributed by atoms with E-state index in [-0.39, 0.29) is 12.5 Å². The zero-order valence-electron chi connectivity index (χ0n) is 11.3. The lowest BCUT2D eigenvalue weighted by atomic mass is 9.99. The number of nitrogens with zero attached hydrogens (tertiary/aromatic N) is 1. The summed E-state index contributed by atoms with van der Waals surface area (Å²) in [5, 5.41) is 19.9. The molecule has 0 aromatic heterocycles. The van der Waals surface area contributed by atoms with Crippen LogP contribution >= 0.6 is 23.2 Å². The second-order valence-electron chi connectivity index (χ2n) is 5.27. The second kappa shape index (κ2) is 6.22. The van der Waals surface area contributed by atoms with Crippen LogP contribution in [-0.2, 0) is 9.59 Å². The fourth-order valence-electron chi connectivity index (χ4n) is 2.52. The predicted octanol–water partition coefficient (Wildman–Crippen LogP) is 2.21. The van der Waals surface area contributed by atoms with Gasteiger partial charge < -0.3 is 15.1 Å². The number of hydrogen-bond donors (Lipinski definition) is 2. The molecule has 7 heteroatoms. The minimum Gasteiger partial charge on any atom is -0.481 e. The van der Waals surface area contributed by atoms with Gasteiger partial charge >= 0.3 is 5.97 Å². The Morgan fingerprint density at radius 3 is 2.29 bits per heavy atom. The number of rotatable bonds is 3. The molecular formula is C14H15Cl2NO4. The summed E-state index contributed by atoms with van der Waals surface area (Å²) in [7, 11) is 0. The molecule has 1 aliphatic rings. The van der Waals surface area contributed by atoms with Crippen LogP contribution in [0.25, 0.3) is 0 Å². The largest absolute Gasteiger partial charge is 0.481 e. The van der Waals surface area contributed by atoms with Gasteiger partial charge in [-0.25, -0.2) is 0 Å². The van der Waals surface area contributed by atoms with Crippen molar-refractivity contribution in [3.63, 3.8) is 0 Å². The van der Waals surface area contributed by atoms with E-state index >= 15 is 0 Å². The van der Waals surface area contributed by atoms with Gasteiger partial charge in [-0.2, -0.15) is 0 Å². The van der Waals surface area contributed by atoms with Gasteiger partial charge in [-0.15, -0.1) is 0 Å². The molecule has 21 heavy (non-hydrogen) atoms. The monoisotopic (exact) mass is 331 g/mol. The van der Waals surface area contributed by atoms with Crippen molar-refractivity contribution in [3.8, 4) is 0 Å². The van der Waals surface area contributed by atoms with Crippen LogP contribution in [0.5, 0.6) is 0 Å². The molecule has 1 unspecified atom stereocenters. The molecule has 2 N–H and O–H groups in total. The van der Waals surface area contributed by atoms with Crippen molar-refractivity contribution < 1.29 is 19.8 Å². The Morgan fingerprint density at radius 1 is 1.24 bits per heavy atom. The van der Waals surface area contributed by atoms with Gasteiger partial charge in [-0.05, 0) is 29.7 Å². The number of carboxylic acid groups (broad SMARTS) is 1. The summed E-state index contributed by atoms with van der Waals surface area (Å²) in [5.41, 5.74) is 0.295. The van der Waals surface area contributed by atoms with E-state index in [2.05, 4.69) is 0 Å². The normalized spacial score (nSPS) is 23.1. The van der Waals surface area contributed by atoms with Gasteiger partial charge in [-0.1, -0.05) is 30.1 Å². The Balaban J connectivity index is 2.15. The molecule has 1 aromatic carbocycles. The smallest absolute Gasteiger partial charge is 0.308 e. The van der Waals surface area contributed by atoms with Crippen molar-refractivity contribution in [2.24, 2.45) is 11.8 Å². The highest BCUT2D eigenvalue weighted by Crippen LogP contribution is 2.28. The third-order valence-electron chi connectivity index (χ3n) is 3.68. The van der Waals surface area contributed by atoms with E-state index in [0.717, 1.165) is 0 Å². The maximum atomic E-state index is 12.3. The second-order valence-corrected chi connectivity index (χ2v) is 6.14. The lowest BCUT2D eigenvalue weighted by molar-refractivity contribution is -0.143. The number of aliphatic hydroxyl groups is 1. The van der Waals surface area contributed by atoms with Crippen molar-refractivity contribution in [2.45, 2.75) is 13.0 Å². The van der Waals surface area contributed by atoms with Crippen LogP contribution < -0.4 is 0 Å². The first-order valence-corrected chi connectivity index (χ1v) is 7.21. The first-order valence-electron chi connectivity index (χ1n) is 6.45. The van der Waals surface area contributed by atoms with Crippen molar-refractivity contribution in [1.29, 1.82) is 0 Å². The molecule has 0 aliphatic carbocycles. The summed E-state index contributed by atoms with van der Waals surface area (Å²) in [6, 6.07) is 4.43. The van der Waals surface area contributed by atoms with Crippen LogP contribution in [0.2, 0.25) is 10.0 Å². The topological polar surface area (TPSA) is 77.8 Å². The van der Waals surface area contributed by atoms with Crippen molar-refractivity contribution in [1.82, 2.24) is 4.90 Å². The zero-order valence-corrected chi connectivity index (χ0v) is 12.8. The molecule has 0 spiro atoms. The number of amides is 1. The van der Waals surface area contributed by atoms with Gasteiger partial charge in [0.2, 0.25) is 0 Å². The molecule has 1 aromatic rings. The maximum Gasteiger partial charge on any atom is 0.308 e. The molecule has 3 atom stereocenters. The standard InChI is InChI=1S/C14H15Cl2NO4/c1-7-5-17(6-11(7)14(20)21)13(19)12(18)8-2-9(15)4-10(16)3-8/h2-4,7,11-12,18H,5-6H2,1H3,(H,20,21)/t7-,11-,12?/m1/s1. The minimum absolute atomic E-state index is 0.0979. The Bertz CT molecular complexity index is 558. The third-order valence-corrected chi connectivity index (χ3v) is 4.11. The van der Waals surface area contributed by atoms with E-state index in [1.807, 2.05) is 0 Å². The van der Waals surface area contributed by atoms with E-state index < -0.39 is 23.9 Å². The summed E-state index contributed by atoms with van der Waals surface area (Å²) >= 11 is 11.7. The number of hydrogen-bond acceptors (Lipinski definition) is 3. The summed E-state index contributed by atoms with van der Waals surface area (Å²) in [5.74, 6) is -2.23. The molecule has 5 nitrogen and oxygen atoms in total. The fraction of sp³-hybridized carbons (Fsp3) is 0.429. The van der Waals surface area contributed by atoms with Crippen molar-refractivity contribution in [3.05, 3.63) is 33.8 Å². The molecule has 1 heterocycles. The van der Waals surface area contributed by atoms with E-state index in [0.29, 0.717) is 22.2 Å². The van der Waals surface area contributed by atoms with Gasteiger partial charge in [0.05, 0.1) is 5.92 Å². The Labute approximate surface area is 132 Å². The number of aliphatic hydroxyl groups excluding tert-OH is 1. The molecule has 0 radical (unpaired) electrons. The Kier molecular flexibility index (Phi) is 4.76. The number of benzene rings is 1. The third kappa shape index (κ3) is 3.48. The van der Waals surface area contributed by atoms with E-state index in [9.17, 15) is 14.7 Å². The number of carbonyl (C=O) groups excluding carboxylic acids is 1. The highest BCUT2D eigenvalue weighted by molar-refractivity contribution is 6.34. The highest BCUT2D eigenvalue weighted by atomic mass is 35.5. The van der Waals surface area contributed by atoms with Crippen LogP contribution in [0, 0.1) is 11.8 Å². The molecule has 0 bridgehead atoms. The lowest BCUT2D eigenvalue weighted by Gasteiger charge is -2.20. The summed E-state index contributed by atoms with van der Waals surface area (Å²) in [4.78, 5) is 24.7. The first-order chi connectivity index (χ1) is 9.79. The minimum atomic E-state index is -1.40. The number of carbonyl (C=O) groups is 2. The SMILES string of the molecule is C[C@@H]1CN(C(=O)C(O)c2cc(Cl)cc(Cl)c2)C[C@H]1C(=O)O.